The molecule has 6 heteroatoms. The Kier molecular flexibility index (Phi) is 8.27. The minimum Gasteiger partial charge on any atom is -0.461 e. The molecule has 1 aliphatic rings. The highest BCUT2D eigenvalue weighted by atomic mass is 32.2. The van der Waals surface area contributed by atoms with Gasteiger partial charge in [-0.25, -0.2) is 8.42 Å². The maximum atomic E-state index is 12.8. The molecule has 0 amide bonds. The number of unbranched alkanes of at least 4 members (excludes halogenated alkanes) is 1. The molecule has 4 atom stereocenters. The number of carbonyl (C=O) groups excluding carboxylic acids is 1. The number of ether oxygens (including phenoxy) is 2. The molecule has 1 saturated heterocycles. The van der Waals surface area contributed by atoms with Gasteiger partial charge in [-0.3, -0.25) is 4.79 Å². The number of rotatable bonds is 10. The molecule has 0 radical (unpaired) electrons. The first-order valence-electron chi connectivity index (χ1n) is 11.0. The normalized spacial score (nSPS) is 22.2. The van der Waals surface area contributed by atoms with Crippen LogP contribution in [0.1, 0.15) is 51.5 Å². The zero-order chi connectivity index (χ0) is 22.3. The van der Waals surface area contributed by atoms with Gasteiger partial charge in [-0.2, -0.15) is 0 Å². The first-order chi connectivity index (χ1) is 14.9. The predicted octanol–water partition coefficient (Wildman–Crippen LogP) is 5.15. The van der Waals surface area contributed by atoms with Crippen LogP contribution in [0.15, 0.2) is 65.6 Å². The Morgan fingerprint density at radius 3 is 2.39 bits per heavy atom. The third kappa shape index (κ3) is 6.40. The van der Waals surface area contributed by atoms with Crippen molar-refractivity contribution >= 4 is 15.8 Å². The summed E-state index contributed by atoms with van der Waals surface area (Å²) in [5.74, 6) is -0.142. The molecule has 0 spiro atoms. The molecule has 168 valence electrons. The van der Waals surface area contributed by atoms with E-state index >= 15 is 0 Å². The summed E-state index contributed by atoms with van der Waals surface area (Å²) >= 11 is 0. The summed E-state index contributed by atoms with van der Waals surface area (Å²) in [7, 11) is -3.47. The quantitative estimate of drug-likeness (QED) is 0.374. The van der Waals surface area contributed by atoms with Crippen molar-refractivity contribution in [2.75, 3.05) is 0 Å². The number of esters is 1. The van der Waals surface area contributed by atoms with Gasteiger partial charge in [0.2, 0.25) is 9.84 Å². The summed E-state index contributed by atoms with van der Waals surface area (Å²) in [6.07, 6.45) is 3.77. The number of hydrogen-bond donors (Lipinski definition) is 0. The van der Waals surface area contributed by atoms with Crippen molar-refractivity contribution in [1.82, 2.24) is 0 Å². The number of hydrogen-bond acceptors (Lipinski definition) is 5. The van der Waals surface area contributed by atoms with E-state index in [-0.39, 0.29) is 23.9 Å². The highest BCUT2D eigenvalue weighted by Crippen LogP contribution is 2.35. The van der Waals surface area contributed by atoms with Crippen LogP contribution in [0.2, 0.25) is 0 Å². The monoisotopic (exact) mass is 444 g/mol. The van der Waals surface area contributed by atoms with Gasteiger partial charge in [0.1, 0.15) is 6.61 Å². The van der Waals surface area contributed by atoms with Gasteiger partial charge in [-0.1, -0.05) is 75.2 Å². The minimum absolute atomic E-state index is 0.0659. The van der Waals surface area contributed by atoms with Gasteiger partial charge in [-0.15, -0.1) is 0 Å². The topological polar surface area (TPSA) is 69.7 Å². The standard InChI is InChI=1S/C25H32O5S/c1-19(25(26)29-18-21-12-5-3-6-13-21)11-9-10-16-23-20(2)17-24(30-23)31(27,28)22-14-7-4-8-15-22/h3-8,12-15,19-20,23-24H,9-11,16-18H2,1-2H3/t19-,20-,23-,24-/m0/s1. The molecule has 0 aliphatic carbocycles. The highest BCUT2D eigenvalue weighted by molar-refractivity contribution is 7.92. The number of benzene rings is 2. The summed E-state index contributed by atoms with van der Waals surface area (Å²) in [6, 6.07) is 18.2. The molecule has 0 unspecified atom stereocenters. The molecular weight excluding hydrogens is 412 g/mol. The second kappa shape index (κ2) is 10.9. The van der Waals surface area contributed by atoms with E-state index in [2.05, 4.69) is 6.92 Å². The molecule has 0 aromatic heterocycles. The van der Waals surface area contributed by atoms with Crippen LogP contribution in [0.25, 0.3) is 0 Å². The van der Waals surface area contributed by atoms with Crippen molar-refractivity contribution in [2.45, 2.75) is 69.0 Å². The van der Waals surface area contributed by atoms with Gasteiger partial charge in [0, 0.05) is 0 Å². The Hall–Kier alpha value is -2.18. The molecule has 5 nitrogen and oxygen atoms in total. The summed E-state index contributed by atoms with van der Waals surface area (Å²) in [5.41, 5.74) is 0.206. The number of carbonyl (C=O) groups is 1. The van der Waals surface area contributed by atoms with E-state index in [1.807, 2.05) is 37.3 Å². The second-order valence-corrected chi connectivity index (χ2v) is 10.5. The molecule has 0 bridgehead atoms. The van der Waals surface area contributed by atoms with Crippen LogP contribution in [-0.4, -0.2) is 25.9 Å². The molecule has 31 heavy (non-hydrogen) atoms. The van der Waals surface area contributed by atoms with Gasteiger partial charge < -0.3 is 9.47 Å². The third-order valence-corrected chi connectivity index (χ3v) is 7.87. The molecule has 0 N–H and O–H groups in total. The van der Waals surface area contributed by atoms with E-state index in [1.165, 1.54) is 0 Å². The van der Waals surface area contributed by atoms with E-state index in [1.54, 1.807) is 30.3 Å². The zero-order valence-corrected chi connectivity index (χ0v) is 19.1. The van der Waals surface area contributed by atoms with Crippen LogP contribution in [-0.2, 0) is 30.7 Å². The number of sulfone groups is 1. The van der Waals surface area contributed by atoms with Crippen molar-refractivity contribution in [1.29, 1.82) is 0 Å². The van der Waals surface area contributed by atoms with E-state index in [9.17, 15) is 13.2 Å². The van der Waals surface area contributed by atoms with Crippen LogP contribution in [0.4, 0.5) is 0 Å². The highest BCUT2D eigenvalue weighted by Gasteiger charge is 2.40. The Labute approximate surface area is 185 Å². The third-order valence-electron chi connectivity index (χ3n) is 5.95. The molecular formula is C25H32O5S. The zero-order valence-electron chi connectivity index (χ0n) is 18.3. The summed E-state index contributed by atoms with van der Waals surface area (Å²) in [6.45, 7) is 4.24. The molecule has 1 aliphatic heterocycles. The molecule has 0 saturated carbocycles. The van der Waals surface area contributed by atoms with E-state index < -0.39 is 15.3 Å². The smallest absolute Gasteiger partial charge is 0.308 e. The summed E-state index contributed by atoms with van der Waals surface area (Å²) < 4.78 is 37.0. The van der Waals surface area contributed by atoms with Crippen LogP contribution in [0, 0.1) is 11.8 Å². The fourth-order valence-electron chi connectivity index (χ4n) is 3.94. The largest absolute Gasteiger partial charge is 0.461 e. The first-order valence-corrected chi connectivity index (χ1v) is 12.6. The fourth-order valence-corrected chi connectivity index (χ4v) is 5.63. The Bertz CT molecular complexity index is 927. The lowest BCUT2D eigenvalue weighted by atomic mass is 9.97. The van der Waals surface area contributed by atoms with Crippen LogP contribution in [0.5, 0.6) is 0 Å². The lowest BCUT2D eigenvalue weighted by molar-refractivity contribution is -0.149. The molecule has 2 aromatic carbocycles. The molecule has 1 fully saturated rings. The minimum atomic E-state index is -3.47. The fraction of sp³-hybridized carbons (Fsp3) is 0.480. The lowest BCUT2D eigenvalue weighted by Crippen LogP contribution is -2.22. The van der Waals surface area contributed by atoms with E-state index in [0.29, 0.717) is 17.9 Å². The van der Waals surface area contributed by atoms with Gasteiger partial charge in [-0.05, 0) is 42.9 Å². The van der Waals surface area contributed by atoms with Gasteiger partial charge >= 0.3 is 5.97 Å². The summed E-state index contributed by atoms with van der Waals surface area (Å²) in [4.78, 5) is 12.5. The Morgan fingerprint density at radius 2 is 1.71 bits per heavy atom. The maximum absolute atomic E-state index is 12.8. The molecule has 3 rings (SSSR count). The van der Waals surface area contributed by atoms with Crippen molar-refractivity contribution < 1.29 is 22.7 Å². The average molecular weight is 445 g/mol. The van der Waals surface area contributed by atoms with E-state index in [0.717, 1.165) is 31.2 Å². The van der Waals surface area contributed by atoms with Gasteiger partial charge in [0.05, 0.1) is 16.9 Å². The van der Waals surface area contributed by atoms with Crippen LogP contribution in [0.3, 0.4) is 0 Å². The maximum Gasteiger partial charge on any atom is 0.308 e. The molecule has 1 heterocycles. The summed E-state index contributed by atoms with van der Waals surface area (Å²) in [5, 5.41) is 0. The lowest BCUT2D eigenvalue weighted by Gasteiger charge is -2.16. The first kappa shape index (κ1) is 23.5. The van der Waals surface area contributed by atoms with Crippen molar-refractivity contribution in [3.63, 3.8) is 0 Å². The Morgan fingerprint density at radius 1 is 1.06 bits per heavy atom. The second-order valence-electron chi connectivity index (χ2n) is 8.45. The predicted molar refractivity (Wildman–Crippen MR) is 120 cm³/mol. The van der Waals surface area contributed by atoms with Gasteiger partial charge in [0.25, 0.3) is 0 Å². The van der Waals surface area contributed by atoms with Crippen molar-refractivity contribution in [3.8, 4) is 0 Å². The average Bonchev–Trinajstić information content (AvgIpc) is 3.17. The molecule has 2 aromatic rings. The van der Waals surface area contributed by atoms with Crippen LogP contribution < -0.4 is 0 Å². The van der Waals surface area contributed by atoms with Crippen LogP contribution >= 0.6 is 0 Å². The van der Waals surface area contributed by atoms with Gasteiger partial charge in [0.15, 0.2) is 5.44 Å². The van der Waals surface area contributed by atoms with Crippen molar-refractivity contribution in [2.24, 2.45) is 11.8 Å². The van der Waals surface area contributed by atoms with Crippen molar-refractivity contribution in [3.05, 3.63) is 66.2 Å². The Balaban J connectivity index is 1.39. The van der Waals surface area contributed by atoms with E-state index in [4.69, 9.17) is 9.47 Å². The SMILES string of the molecule is C[C@@H](CCCC[C@@H]1O[C@@H](S(=O)(=O)c2ccccc2)C[C@@H]1C)C(=O)OCc1ccccc1.